The maximum absolute atomic E-state index is 10.6. The van der Waals surface area contributed by atoms with E-state index < -0.39 is 10.1 Å². The van der Waals surface area contributed by atoms with Gasteiger partial charge in [-0.2, -0.15) is 18.9 Å². The minimum atomic E-state index is -3.33. The molecule has 6 aromatic rings. The molecule has 1 N–H and O–H groups in total. The zero-order valence-electron chi connectivity index (χ0n) is 37.9. The number of benzene rings is 6. The van der Waals surface area contributed by atoms with E-state index in [2.05, 4.69) is 60.6 Å². The maximum Gasteiger partial charge on any atom is 1.00 e. The van der Waals surface area contributed by atoms with Crippen molar-refractivity contribution in [2.45, 2.75) is 24.9 Å². The third kappa shape index (κ3) is 18.7. The van der Waals surface area contributed by atoms with Crippen LogP contribution in [0.15, 0.2) is 133 Å². The second kappa shape index (κ2) is 29.5. The van der Waals surface area contributed by atoms with Crippen molar-refractivity contribution in [2.75, 3.05) is 68.5 Å². The summed E-state index contributed by atoms with van der Waals surface area (Å²) in [6.45, 7) is 6.41. The van der Waals surface area contributed by atoms with Gasteiger partial charge in [0.2, 0.25) is 0 Å². The van der Waals surface area contributed by atoms with Crippen LogP contribution < -0.4 is 90.5 Å². The fourth-order valence-electron chi connectivity index (χ4n) is 7.80. The van der Waals surface area contributed by atoms with Crippen molar-refractivity contribution in [3.05, 3.63) is 197 Å². The number of nitrogens with zero attached hydrogens (tertiary/aromatic N) is 5. The summed E-state index contributed by atoms with van der Waals surface area (Å²) < 4.78 is 25.9. The fraction of sp³-hybridized carbons (Fsp3) is 0.255. The third-order valence-corrected chi connectivity index (χ3v) is 13.4. The Balaban J connectivity index is 0.000000239. The van der Waals surface area contributed by atoms with Crippen LogP contribution in [0.25, 0.3) is 0 Å². The predicted octanol–water partition coefficient (Wildman–Crippen LogP) is 6.51. The third-order valence-electron chi connectivity index (χ3n) is 11.2. The van der Waals surface area contributed by atoms with Gasteiger partial charge in [0, 0.05) is 65.9 Å². The van der Waals surface area contributed by atoms with E-state index in [-0.39, 0.29) is 94.1 Å². The molecular formula is C51H48Cl6IKN6O3S. The molecule has 6 aromatic carbocycles. The van der Waals surface area contributed by atoms with Crippen molar-refractivity contribution in [2.24, 2.45) is 0 Å². The summed E-state index contributed by atoms with van der Waals surface area (Å²) in [6.07, 6.45) is 2.57. The summed E-state index contributed by atoms with van der Waals surface area (Å²) in [5, 5.41) is 25.7. The molecule has 356 valence electrons. The van der Waals surface area contributed by atoms with Crippen LogP contribution in [0.3, 0.4) is 0 Å². The summed E-state index contributed by atoms with van der Waals surface area (Å²) in [5.74, 6) is 0. The molecule has 2 aliphatic rings. The quantitative estimate of drug-likeness (QED) is 0.0883. The Kier molecular flexibility index (Phi) is 25.4. The van der Waals surface area contributed by atoms with Crippen LogP contribution in [0.2, 0.25) is 30.1 Å². The average Bonchev–Trinajstić information content (AvgIpc) is 3.32. The number of anilines is 2. The topological polar surface area (TPSA) is 113 Å². The molecule has 2 atom stereocenters. The molecule has 0 spiro atoms. The van der Waals surface area contributed by atoms with Crippen molar-refractivity contribution < 1.29 is 88.0 Å². The number of piperazine rings is 2. The number of hydrogen-bond donors (Lipinski definition) is 1. The van der Waals surface area contributed by atoms with E-state index in [0.717, 1.165) is 90.5 Å². The molecule has 2 heterocycles. The molecule has 2 saturated heterocycles. The van der Waals surface area contributed by atoms with E-state index in [0.29, 0.717) is 32.6 Å². The molecule has 18 heteroatoms. The second-order valence-electron chi connectivity index (χ2n) is 15.9. The molecule has 0 aromatic heterocycles. The molecule has 0 radical (unpaired) electrons. The average molecular weight is 1200 g/mol. The van der Waals surface area contributed by atoms with Crippen molar-refractivity contribution in [3.63, 3.8) is 0 Å². The molecule has 0 aliphatic carbocycles. The van der Waals surface area contributed by atoms with Crippen LogP contribution in [-0.4, -0.2) is 72.0 Å². The van der Waals surface area contributed by atoms with Gasteiger partial charge < -0.3 is 39.1 Å². The molecule has 2 fully saturated rings. The standard InChI is InChI=1S/C25H22Cl3N3.C17H15Cl2N3.C9H11ClO3S.HI.K/c26-21-6-1-18(2-7-21)11-12-30-13-14-31(24-10-3-19(16-29)15-23(24)28)25(17-30)20-4-8-22(27)9-5-20;18-14-4-2-13(3-5-14)17-11-21-7-8-22(17)16-6-1-12(10-20)9-15(16)19;1-14(11,12)13-7-6-8-2-4-9(10)5-3-8;;/h1-10,15,25H,11-14,17H2;1-6,9,17,21H,7-8,11H2;2-5H,6-7H2,1H3;1H;/q;;;;+1/p-1/t25-;17-;;;/m00.../s1. The SMILES string of the molecule is CS(=O)(=O)OCCc1ccc(Cl)cc1.N#Cc1ccc(N2CCN(CCc3ccc(Cl)cc3)C[C@H]2c2ccc(Cl)cc2)c(Cl)c1.N#Cc1ccc(N2CCNC[C@H]2c2ccc(Cl)cc2)c(Cl)c1.[I-].[K+]. The van der Waals surface area contributed by atoms with Crippen LogP contribution in [0.5, 0.6) is 0 Å². The van der Waals surface area contributed by atoms with E-state index in [1.54, 1.807) is 24.3 Å². The molecule has 2 aliphatic heterocycles. The van der Waals surface area contributed by atoms with E-state index in [4.69, 9.17) is 74.9 Å². The van der Waals surface area contributed by atoms with Gasteiger partial charge >= 0.3 is 51.4 Å². The smallest absolute Gasteiger partial charge is 1.00 e. The minimum absolute atomic E-state index is 0. The van der Waals surface area contributed by atoms with Crippen LogP contribution in [0, 0.1) is 22.7 Å². The van der Waals surface area contributed by atoms with E-state index in [1.165, 1.54) is 16.7 Å². The number of rotatable bonds is 11. The van der Waals surface area contributed by atoms with Gasteiger partial charge in [-0.05, 0) is 120 Å². The Morgan fingerprint density at radius 2 is 1.04 bits per heavy atom. The van der Waals surface area contributed by atoms with Crippen LogP contribution in [0.4, 0.5) is 11.4 Å². The first-order chi connectivity index (χ1) is 32.2. The first kappa shape index (κ1) is 59.4. The van der Waals surface area contributed by atoms with Crippen molar-refractivity contribution in [1.29, 1.82) is 10.5 Å². The van der Waals surface area contributed by atoms with Gasteiger partial charge in [-0.25, -0.2) is 0 Å². The normalized spacial score (nSPS) is 15.7. The molecule has 69 heavy (non-hydrogen) atoms. The first-order valence-corrected chi connectivity index (χ1v) is 25.5. The number of halogens is 7. The summed E-state index contributed by atoms with van der Waals surface area (Å²) >= 11 is 36.8. The fourth-order valence-corrected chi connectivity index (χ4v) is 9.26. The maximum atomic E-state index is 10.6. The van der Waals surface area contributed by atoms with Crippen molar-refractivity contribution >= 4 is 91.1 Å². The van der Waals surface area contributed by atoms with Gasteiger partial charge in [0.05, 0.1) is 69.6 Å². The van der Waals surface area contributed by atoms with Gasteiger partial charge in [-0.15, -0.1) is 0 Å². The van der Waals surface area contributed by atoms with Crippen LogP contribution in [-0.2, 0) is 27.1 Å². The Morgan fingerprint density at radius 3 is 1.49 bits per heavy atom. The van der Waals surface area contributed by atoms with Gasteiger partial charge in [0.25, 0.3) is 10.1 Å². The predicted molar refractivity (Wildman–Crippen MR) is 276 cm³/mol. The molecule has 0 bridgehead atoms. The van der Waals surface area contributed by atoms with Gasteiger partial charge in [0.15, 0.2) is 0 Å². The van der Waals surface area contributed by atoms with Crippen molar-refractivity contribution in [3.8, 4) is 12.1 Å². The Hall–Kier alpha value is -2.16. The second-order valence-corrected chi connectivity index (χ2v) is 20.1. The van der Waals surface area contributed by atoms with Gasteiger partial charge in [-0.1, -0.05) is 118 Å². The first-order valence-electron chi connectivity index (χ1n) is 21.4. The van der Waals surface area contributed by atoms with E-state index in [9.17, 15) is 13.7 Å². The monoisotopic (exact) mass is 1200 g/mol. The molecule has 0 saturated carbocycles. The van der Waals surface area contributed by atoms with Gasteiger partial charge in [0.1, 0.15) is 0 Å². The van der Waals surface area contributed by atoms with Gasteiger partial charge in [-0.3, -0.25) is 9.08 Å². The Bertz CT molecular complexity index is 2770. The zero-order chi connectivity index (χ0) is 47.9. The Labute approximate surface area is 496 Å². The molecule has 0 amide bonds. The summed E-state index contributed by atoms with van der Waals surface area (Å²) in [6, 6.07) is 46.8. The number of nitriles is 2. The molecular weight excluding hydrogens is 1160 g/mol. The number of hydrogen-bond acceptors (Lipinski definition) is 9. The Morgan fingerprint density at radius 1 is 0.609 bits per heavy atom. The molecule has 0 unspecified atom stereocenters. The zero-order valence-corrected chi connectivity index (χ0v) is 48.6. The van der Waals surface area contributed by atoms with E-state index >= 15 is 0 Å². The molecule has 8 rings (SSSR count). The number of nitrogens with one attached hydrogen (secondary N) is 1. The van der Waals surface area contributed by atoms with Crippen LogP contribution in [0.1, 0.15) is 45.5 Å². The summed E-state index contributed by atoms with van der Waals surface area (Å²) in [7, 11) is -3.33. The largest absolute Gasteiger partial charge is 1.00 e. The minimum Gasteiger partial charge on any atom is -1.00 e. The summed E-state index contributed by atoms with van der Waals surface area (Å²) in [5.41, 5.74) is 7.73. The van der Waals surface area contributed by atoms with Crippen LogP contribution >= 0.6 is 69.6 Å². The summed E-state index contributed by atoms with van der Waals surface area (Å²) in [4.78, 5) is 7.11. The molecule has 9 nitrogen and oxygen atoms in total. The van der Waals surface area contributed by atoms with Crippen molar-refractivity contribution in [1.82, 2.24) is 10.2 Å². The van der Waals surface area contributed by atoms with E-state index in [1.807, 2.05) is 84.9 Å².